The fourth-order valence-corrected chi connectivity index (χ4v) is 2.46. The summed E-state index contributed by atoms with van der Waals surface area (Å²) in [5.41, 5.74) is 1.90. The summed E-state index contributed by atoms with van der Waals surface area (Å²) in [7, 11) is 0. The number of carbonyl (C=O) groups excluding carboxylic acids is 2. The quantitative estimate of drug-likeness (QED) is 0.535. The van der Waals surface area contributed by atoms with Gasteiger partial charge in [-0.25, -0.2) is 4.79 Å². The molecule has 0 aromatic heterocycles. The molecule has 29 heavy (non-hydrogen) atoms. The van der Waals surface area contributed by atoms with Crippen LogP contribution in [0.4, 0.5) is 11.4 Å². The topological polar surface area (TPSA) is 76.7 Å². The van der Waals surface area contributed by atoms with Crippen molar-refractivity contribution in [2.45, 2.75) is 33.6 Å². The minimum Gasteiger partial charge on any atom is -0.494 e. The van der Waals surface area contributed by atoms with Crippen LogP contribution in [0.2, 0.25) is 0 Å². The van der Waals surface area contributed by atoms with Crippen LogP contribution in [0.3, 0.4) is 0 Å². The first-order valence-corrected chi connectivity index (χ1v) is 10.0. The smallest absolute Gasteiger partial charge is 0.338 e. The van der Waals surface area contributed by atoms with Crippen molar-refractivity contribution in [1.82, 2.24) is 0 Å². The number of esters is 1. The zero-order chi connectivity index (χ0) is 21.1. The van der Waals surface area contributed by atoms with Gasteiger partial charge in [0.15, 0.2) is 0 Å². The molecule has 6 heteroatoms. The van der Waals surface area contributed by atoms with Gasteiger partial charge in [0.1, 0.15) is 5.75 Å². The molecule has 156 valence electrons. The van der Waals surface area contributed by atoms with Gasteiger partial charge in [-0.2, -0.15) is 0 Å². The molecule has 2 aromatic rings. The van der Waals surface area contributed by atoms with E-state index in [1.165, 1.54) is 0 Å². The molecule has 2 N–H and O–H groups in total. The van der Waals surface area contributed by atoms with Gasteiger partial charge in [0.2, 0.25) is 5.91 Å². The Morgan fingerprint density at radius 2 is 1.76 bits per heavy atom. The number of rotatable bonds is 11. The van der Waals surface area contributed by atoms with Crippen molar-refractivity contribution >= 4 is 23.3 Å². The lowest BCUT2D eigenvalue weighted by Gasteiger charge is -2.11. The maximum Gasteiger partial charge on any atom is 0.338 e. The van der Waals surface area contributed by atoms with Crippen molar-refractivity contribution in [3.05, 3.63) is 54.1 Å². The summed E-state index contributed by atoms with van der Waals surface area (Å²) in [6, 6.07) is 14.2. The van der Waals surface area contributed by atoms with Crippen molar-refractivity contribution in [1.29, 1.82) is 0 Å². The minimum atomic E-state index is -0.359. The molecule has 0 unspecified atom stereocenters. The van der Waals surface area contributed by atoms with Gasteiger partial charge in [-0.05, 0) is 55.2 Å². The van der Waals surface area contributed by atoms with Crippen LogP contribution in [-0.4, -0.2) is 31.6 Å². The normalized spacial score (nSPS) is 10.5. The molecule has 6 nitrogen and oxygen atoms in total. The van der Waals surface area contributed by atoms with E-state index in [0.717, 1.165) is 24.3 Å². The van der Waals surface area contributed by atoms with Crippen LogP contribution in [0, 0.1) is 5.92 Å². The molecule has 2 rings (SSSR count). The zero-order valence-corrected chi connectivity index (χ0v) is 17.4. The Bertz CT molecular complexity index is 788. The summed E-state index contributed by atoms with van der Waals surface area (Å²) in [6.07, 6.45) is 1.77. The molecule has 0 fully saturated rings. The average Bonchev–Trinajstić information content (AvgIpc) is 2.71. The van der Waals surface area contributed by atoms with E-state index in [9.17, 15) is 9.59 Å². The first-order valence-electron chi connectivity index (χ1n) is 10.0. The second kappa shape index (κ2) is 11.7. The Morgan fingerprint density at radius 3 is 2.45 bits per heavy atom. The molecule has 0 heterocycles. The Hall–Kier alpha value is -3.02. The summed E-state index contributed by atoms with van der Waals surface area (Å²) in [6.45, 7) is 7.44. The van der Waals surface area contributed by atoms with E-state index in [0.29, 0.717) is 30.4 Å². The van der Waals surface area contributed by atoms with E-state index in [1.54, 1.807) is 24.3 Å². The van der Waals surface area contributed by atoms with Crippen LogP contribution in [0.15, 0.2) is 48.5 Å². The average molecular weight is 399 g/mol. The Balaban J connectivity index is 1.80. The third-order valence-electron chi connectivity index (χ3n) is 4.09. The third kappa shape index (κ3) is 8.25. The number of hydrogen-bond acceptors (Lipinski definition) is 5. The van der Waals surface area contributed by atoms with E-state index in [2.05, 4.69) is 24.5 Å². The summed E-state index contributed by atoms with van der Waals surface area (Å²) >= 11 is 0. The monoisotopic (exact) mass is 398 g/mol. The predicted octanol–water partition coefficient (Wildman–Crippen LogP) is 4.73. The van der Waals surface area contributed by atoms with Crippen molar-refractivity contribution in [2.24, 2.45) is 5.92 Å². The summed E-state index contributed by atoms with van der Waals surface area (Å²) in [5, 5.41) is 5.89. The van der Waals surface area contributed by atoms with Crippen LogP contribution >= 0.6 is 0 Å². The van der Waals surface area contributed by atoms with Gasteiger partial charge in [0.05, 0.1) is 25.3 Å². The fraction of sp³-hybridized carbons (Fsp3) is 0.391. The van der Waals surface area contributed by atoms with Gasteiger partial charge < -0.3 is 20.1 Å². The molecule has 0 bridgehead atoms. The summed E-state index contributed by atoms with van der Waals surface area (Å²) in [5.74, 6) is 0.831. The second-order valence-electron chi connectivity index (χ2n) is 7.17. The Morgan fingerprint density at radius 1 is 1.00 bits per heavy atom. The van der Waals surface area contributed by atoms with Crippen LogP contribution in [0.1, 0.15) is 44.0 Å². The van der Waals surface area contributed by atoms with Gasteiger partial charge in [0, 0.05) is 17.4 Å². The van der Waals surface area contributed by atoms with Crippen molar-refractivity contribution in [3.8, 4) is 5.75 Å². The first kappa shape index (κ1) is 22.3. The highest BCUT2D eigenvalue weighted by Crippen LogP contribution is 2.18. The van der Waals surface area contributed by atoms with E-state index in [1.807, 2.05) is 31.2 Å². The van der Waals surface area contributed by atoms with E-state index in [-0.39, 0.29) is 18.4 Å². The zero-order valence-electron chi connectivity index (χ0n) is 17.4. The number of nitrogens with one attached hydrogen (secondary N) is 2. The molecule has 0 saturated heterocycles. The molecule has 0 aliphatic carbocycles. The number of carbonyl (C=O) groups is 2. The highest BCUT2D eigenvalue weighted by Gasteiger charge is 2.08. The number of hydrogen-bond donors (Lipinski definition) is 2. The Labute approximate surface area is 172 Å². The van der Waals surface area contributed by atoms with E-state index < -0.39 is 0 Å². The highest BCUT2D eigenvalue weighted by atomic mass is 16.5. The second-order valence-corrected chi connectivity index (χ2v) is 7.17. The largest absolute Gasteiger partial charge is 0.494 e. The number of amides is 1. The van der Waals surface area contributed by atoms with Crippen molar-refractivity contribution < 1.29 is 19.1 Å². The highest BCUT2D eigenvalue weighted by molar-refractivity contribution is 5.95. The molecule has 2 aromatic carbocycles. The number of benzene rings is 2. The predicted molar refractivity (Wildman–Crippen MR) is 116 cm³/mol. The molecule has 0 saturated carbocycles. The van der Waals surface area contributed by atoms with Crippen LogP contribution in [-0.2, 0) is 9.53 Å². The van der Waals surface area contributed by atoms with Crippen LogP contribution < -0.4 is 15.4 Å². The lowest BCUT2D eigenvalue weighted by atomic mass is 10.1. The maximum absolute atomic E-state index is 12.2. The van der Waals surface area contributed by atoms with Crippen LogP contribution in [0.5, 0.6) is 5.75 Å². The first-order chi connectivity index (χ1) is 14.0. The SMILES string of the molecule is CCCOC(=O)c1ccc(NC(=O)CNc2cccc(OCCC(C)C)c2)cc1. The summed E-state index contributed by atoms with van der Waals surface area (Å²) < 4.78 is 10.8. The van der Waals surface area contributed by atoms with Gasteiger partial charge in [0.25, 0.3) is 0 Å². The Kier molecular flexibility index (Phi) is 9.02. The standard InChI is InChI=1S/C23H30N2O4/c1-4-13-29-23(27)18-8-10-19(11-9-18)25-22(26)16-24-20-6-5-7-21(15-20)28-14-12-17(2)3/h5-11,15,17,24H,4,12-14,16H2,1-3H3,(H,25,26). The maximum atomic E-state index is 12.2. The lowest BCUT2D eigenvalue weighted by Crippen LogP contribution is -2.21. The molecule has 0 radical (unpaired) electrons. The molecule has 0 atom stereocenters. The number of anilines is 2. The van der Waals surface area contributed by atoms with Gasteiger partial charge in [-0.15, -0.1) is 0 Å². The molecular weight excluding hydrogens is 368 g/mol. The molecular formula is C23H30N2O4. The molecule has 0 aliphatic rings. The molecule has 1 amide bonds. The minimum absolute atomic E-state index is 0.121. The van der Waals surface area contributed by atoms with Gasteiger partial charge >= 0.3 is 5.97 Å². The van der Waals surface area contributed by atoms with Crippen molar-refractivity contribution in [3.63, 3.8) is 0 Å². The number of ether oxygens (including phenoxy) is 2. The van der Waals surface area contributed by atoms with Gasteiger partial charge in [-0.1, -0.05) is 26.8 Å². The third-order valence-corrected chi connectivity index (χ3v) is 4.09. The van der Waals surface area contributed by atoms with E-state index >= 15 is 0 Å². The fourth-order valence-electron chi connectivity index (χ4n) is 2.46. The van der Waals surface area contributed by atoms with E-state index in [4.69, 9.17) is 9.47 Å². The molecule has 0 spiro atoms. The van der Waals surface area contributed by atoms with Gasteiger partial charge in [-0.3, -0.25) is 4.79 Å². The molecule has 0 aliphatic heterocycles. The summed E-state index contributed by atoms with van der Waals surface area (Å²) in [4.78, 5) is 24.0. The lowest BCUT2D eigenvalue weighted by molar-refractivity contribution is -0.114. The van der Waals surface area contributed by atoms with Crippen molar-refractivity contribution in [2.75, 3.05) is 30.4 Å². The van der Waals surface area contributed by atoms with Crippen LogP contribution in [0.25, 0.3) is 0 Å².